The van der Waals surface area contributed by atoms with Crippen molar-refractivity contribution in [3.8, 4) is 0 Å². The third-order valence-electron chi connectivity index (χ3n) is 0. The first-order chi connectivity index (χ1) is 35.0. The zero-order valence-corrected chi connectivity index (χ0v) is 0. The first kappa shape index (κ1) is 2.40. The first-order valence-electron chi connectivity index (χ1n) is 35.0. The summed E-state index contributed by atoms with van der Waals surface area (Å²) >= 11 is 0. The van der Waals surface area contributed by atoms with Crippen molar-refractivity contribution in [2.24, 2.45) is 0 Å². The molecule has 0 radical (unpaired) electrons. The van der Waals surface area contributed by atoms with Crippen LogP contribution in [0.1, 0.15) is 220 Å². The van der Waals surface area contributed by atoms with Gasteiger partial charge in [0, 0.05) is 108 Å². The lowest BCUT2D eigenvalue weighted by atomic mass is 12.0. The van der Waals surface area contributed by atoms with Crippen LogP contribution in [-0.4, -0.2) is 0 Å². The molecule has 0 aromatic heterocycles. The van der Waals surface area contributed by atoms with Gasteiger partial charge in [0.2, 0.25) is 0 Å². The van der Waals surface area contributed by atoms with Crippen molar-refractivity contribution in [3.63, 3.8) is 0 Å². The van der Waals surface area contributed by atoms with E-state index < -0.39 is 0 Å². The Hall–Kier alpha value is 0. The molecule has 0 nitrogen and oxygen atoms in total. The lowest BCUT2D eigenvalue weighted by Crippen LogP contribution is 0.143. The second kappa shape index (κ2) is 0. The minimum absolute atomic E-state index is 0. The van der Waals surface area contributed by atoms with Crippen LogP contribution in [0.4, 0.5) is 0 Å². The van der Waals surface area contributed by atoms with Crippen LogP contribution in [0, 0.1) is 0 Å². The van der Waals surface area contributed by atoms with Crippen molar-refractivity contribution in [1.29, 1.82) is 0 Å². The molecule has 0 rings (SSSR count). The molecule has 0 atom stereocenters. The van der Waals surface area contributed by atoms with Gasteiger partial charge in [0.15, 0.2) is 0 Å². The molecule has 0 aromatic rings. The molecule has 0 unspecified atom stereocenters. The molecule has 0 amide bonds. The predicted octanol–water partition coefficient (Wildman–Crippen LogP) is 18.9. The van der Waals surface area contributed by atoms with Crippen LogP contribution < -0.4 is 0 Å². The average Bonchev–Trinajstić information content (AvgIpc) is 3.61. The molecule has 0 saturated heterocycles. The fraction of sp³-hybridized carbons (Fsp3) is 1.00. The predicted molar refractivity (Wildman–Crippen MR) is 181 cm³/mol. The highest BCUT2D eigenvalue weighted by Gasteiger charge is -0.0636. The van der Waals surface area contributed by atoms with E-state index in [9.17, 15) is 0 Å². The van der Waals surface area contributed by atoms with Gasteiger partial charge in [0.25, 0.3) is 0 Å². The monoisotopic (exact) mass is 391 g/mol. The Morgan fingerprint density at radius 1 is 0.200 bits per heavy atom. The van der Waals surface area contributed by atoms with E-state index in [0.29, 0.717) is 0 Å². The molecule has 0 saturated carbocycles. The minimum atomic E-state index is 0. The average molecular weight is 391 g/mol. The zero-order valence-electron chi connectivity index (χ0n) is 70.0. The fourth-order valence-corrected chi connectivity index (χ4v) is 0. The third-order valence-corrected chi connectivity index (χ3v) is 0. The Labute approximate surface area is 224 Å². The second-order valence-electron chi connectivity index (χ2n) is 0. The molecule has 196 valence electrons. The summed E-state index contributed by atoms with van der Waals surface area (Å²) in [4.78, 5) is 0. The number of hydrogen-bond acceptors (Lipinski definition) is 0. The Morgan fingerprint density at radius 2 is 0.200 bits per heavy atom. The van der Waals surface area contributed by atoms with Crippen LogP contribution in [0.25, 0.3) is 0 Å². The van der Waals surface area contributed by atoms with Gasteiger partial charge in [-0.15, -0.1) is 0 Å². The molecular formula is C15H136. The molecule has 15 heavy (non-hydrogen) atoms. The van der Waals surface area contributed by atoms with Crippen molar-refractivity contribution >= 4 is 0 Å². The summed E-state index contributed by atoms with van der Waals surface area (Å²) in [5, 5.41) is 0. The molecule has 0 aliphatic heterocycles. The fourth-order valence-electron chi connectivity index (χ4n) is 0. The Morgan fingerprint density at radius 3 is 0.200 bits per heavy atom. The molecule has 0 aromatic carbocycles. The molecular weight excluding hydrogens is 180 g/mol. The lowest BCUT2D eigenvalue weighted by molar-refractivity contribution is 2.50. The van der Waals surface area contributed by atoms with Crippen molar-refractivity contribution in [2.45, 2.75) is 111 Å². The molecule has 0 N–H and O–H groups in total. The minimum Gasteiger partial charge on any atom is -0.0776 e. The van der Waals surface area contributed by atoms with E-state index in [4.69, 9.17) is 104 Å². The van der Waals surface area contributed by atoms with Crippen LogP contribution >= 0.6 is 0 Å². The Bertz CT molecular complexity index is 58.0. The normalized spacial score (nSPS) is 18.7. The summed E-state index contributed by atoms with van der Waals surface area (Å²) in [7, 11) is 0. The van der Waals surface area contributed by atoms with Crippen LogP contribution in [0.15, 0.2) is 0 Å². The summed E-state index contributed by atoms with van der Waals surface area (Å²) in [6.45, 7) is 0. The summed E-state index contributed by atoms with van der Waals surface area (Å²) in [5.74, 6) is 0. The van der Waals surface area contributed by atoms with Crippen molar-refractivity contribution in [1.82, 2.24) is 0 Å². The van der Waals surface area contributed by atoms with Gasteiger partial charge in [-0.2, -0.15) is 0 Å². The molecule has 0 fully saturated rings. The van der Waals surface area contributed by atoms with Gasteiger partial charge in [-0.05, 0) is 0 Å². The van der Waals surface area contributed by atoms with Crippen LogP contribution in [0.2, 0.25) is 0 Å². The zero-order chi connectivity index (χ0) is 70.0. The van der Waals surface area contributed by atoms with Crippen LogP contribution in [0.3, 0.4) is 0 Å². The molecule has 0 aliphatic rings. The van der Waals surface area contributed by atoms with E-state index in [1.165, 1.54) is 0 Å². The van der Waals surface area contributed by atoms with Gasteiger partial charge in [0.05, 0.1) is 0 Å². The van der Waals surface area contributed by atoms with Gasteiger partial charge < -0.3 is 0 Å². The van der Waals surface area contributed by atoms with E-state index >= 15 is 0 Å². The van der Waals surface area contributed by atoms with E-state index in [0.717, 1.165) is 0 Å². The van der Waals surface area contributed by atoms with Crippen molar-refractivity contribution in [2.75, 3.05) is 0 Å². The van der Waals surface area contributed by atoms with Crippen molar-refractivity contribution in [3.05, 3.63) is 0 Å². The van der Waals surface area contributed by atoms with Gasteiger partial charge >= 0.3 is 0 Å². The van der Waals surface area contributed by atoms with Gasteiger partial charge in [-0.25, -0.2) is 0 Å². The summed E-state index contributed by atoms with van der Waals surface area (Å²) < 4.78 is 350. The molecule has 0 heteroatoms. The summed E-state index contributed by atoms with van der Waals surface area (Å²) in [6, 6.07) is 0. The first-order valence-corrected chi connectivity index (χ1v) is 0. The van der Waals surface area contributed by atoms with Crippen LogP contribution in [0.5, 0.6) is 0 Å². The highest BCUT2D eigenvalue weighted by Crippen LogP contribution is 0.158. The van der Waals surface area contributed by atoms with Gasteiger partial charge in [-0.3, -0.25) is 0 Å². The number of hydrogen-bond donors (Lipinski definition) is 0. The van der Waals surface area contributed by atoms with E-state index in [1.54, 1.807) is 0 Å². The van der Waals surface area contributed by atoms with Gasteiger partial charge in [0.1, 0.15) is 0 Å². The summed E-state index contributed by atoms with van der Waals surface area (Å²) in [6.07, 6.45) is 0. The maximum absolute atomic E-state index is 5.00. The summed E-state index contributed by atoms with van der Waals surface area (Å²) in [5.41, 5.74) is 0. The van der Waals surface area contributed by atoms with E-state index in [2.05, 4.69) is 0 Å². The smallest absolute Gasteiger partial charge is 0 e. The highest BCUT2D eigenvalue weighted by molar-refractivity contribution is 2.52. The highest BCUT2D eigenvalue weighted by atomic mass is 12.0. The van der Waals surface area contributed by atoms with Crippen molar-refractivity contribution < 1.29 is 108 Å². The standard InChI is InChI=1S/15CH4.38H2/h15*1H4;38*1H/i;;;;;;;;;;;;;;;35*1+1D;3*1+1. The van der Waals surface area contributed by atoms with Gasteiger partial charge in [-0.1, -0.05) is 111 Å². The lowest BCUT2D eigenvalue weighted by Gasteiger charge is -0.0786. The SMILES string of the molecule is C.C.C.C.C.C.C.C.C.C.C.C.C.C.C.[2HH].[2HH].[2HH].[2H][2H].[2H][2H].[2H][2H].[2H][2H].[2H][2H].[2H][2H].[2H][2H].[2H][2H].[2H][2H].[2H][2H].[2H][2H].[2H][2H].[2H][2H].[2H][2H].[2H][2H].[2H][2H].[2H][2H].[2H][2H].[2H][2H].[2H][2H].[2H][2H].[2H][2H].[2H][2H].[2H][2H].[2H][2H].[2H][2H].[2H][2H].[2H][2H].[2H][2H].[2H][2H].[2H][2H].[2H][2H].[2H][2H].[2H][2H].[2H][2H]. The largest absolute Gasteiger partial charge is 0.0776 e. The Balaban J connectivity index is -0.00000000279. The van der Waals surface area contributed by atoms with Crippen LogP contribution in [-0.2, 0) is 0 Å². The quantitative estimate of drug-likeness (QED) is 0.385. The van der Waals surface area contributed by atoms with E-state index in [1.807, 2.05) is 0 Å². The molecule has 0 bridgehead atoms. The maximum atomic E-state index is 5.00. The Kier molecular flexibility index (Phi) is 0. The second-order valence-corrected chi connectivity index (χ2v) is 0. The maximum Gasteiger partial charge on any atom is 0 e. The number of rotatable bonds is 0. The molecule has 0 aliphatic carbocycles. The van der Waals surface area contributed by atoms with E-state index in [-0.39, 0.29) is 116 Å². The molecule has 0 spiro atoms. The third kappa shape index (κ3) is 0. The molecule has 0 heterocycles. The topological polar surface area (TPSA) is 0 Å².